The minimum atomic E-state index is -0.469. The maximum absolute atomic E-state index is 13.2. The molecule has 2 saturated heterocycles. The quantitative estimate of drug-likeness (QED) is 0.767. The number of nitrogens with one attached hydrogen (secondary N) is 1. The van der Waals surface area contributed by atoms with Gasteiger partial charge in [0.1, 0.15) is 5.82 Å². The third-order valence-corrected chi connectivity index (χ3v) is 6.12. The Hall–Kier alpha value is -2.64. The molecule has 2 aromatic rings. The van der Waals surface area contributed by atoms with Crippen LogP contribution in [0.1, 0.15) is 23.2 Å². The first kappa shape index (κ1) is 21.6. The number of benzene rings is 2. The van der Waals surface area contributed by atoms with Crippen LogP contribution >= 0.6 is 11.6 Å². The van der Waals surface area contributed by atoms with Crippen molar-refractivity contribution in [2.75, 3.05) is 56.0 Å². The molecule has 0 aromatic heterocycles. The molecule has 6 nitrogen and oxygen atoms in total. The van der Waals surface area contributed by atoms with Gasteiger partial charge in [0, 0.05) is 50.6 Å². The lowest BCUT2D eigenvalue weighted by Crippen LogP contribution is -2.50. The van der Waals surface area contributed by atoms with Gasteiger partial charge in [0.2, 0.25) is 5.91 Å². The minimum Gasteiger partial charge on any atom is -0.372 e. The Morgan fingerprint density at radius 1 is 0.935 bits per heavy atom. The highest BCUT2D eigenvalue weighted by Gasteiger charge is 2.24. The van der Waals surface area contributed by atoms with Crippen molar-refractivity contribution >= 4 is 34.8 Å². The Kier molecular flexibility index (Phi) is 6.73. The molecule has 0 spiro atoms. The first-order valence-electron chi connectivity index (χ1n) is 10.6. The van der Waals surface area contributed by atoms with Crippen molar-refractivity contribution in [3.8, 4) is 0 Å². The van der Waals surface area contributed by atoms with Crippen molar-refractivity contribution < 1.29 is 14.0 Å². The summed E-state index contributed by atoms with van der Waals surface area (Å²) >= 11 is 6.01. The van der Waals surface area contributed by atoms with E-state index in [0.29, 0.717) is 31.7 Å². The van der Waals surface area contributed by atoms with Gasteiger partial charge in [-0.3, -0.25) is 14.5 Å². The molecule has 2 aromatic carbocycles. The molecule has 4 rings (SSSR count). The van der Waals surface area contributed by atoms with Crippen LogP contribution in [0.25, 0.3) is 0 Å². The number of piperazine rings is 1. The van der Waals surface area contributed by atoms with Crippen LogP contribution in [0.3, 0.4) is 0 Å². The standard InChI is InChI=1S/C23H26ClFN4O2/c24-21-15-17(25)3-8-20(21)23(31)29-13-11-27(12-14-29)16-22(30)26-18-4-6-19(7-5-18)28-9-1-2-10-28/h3-8,15H,1-2,9-14,16H2,(H,26,30). The Morgan fingerprint density at radius 3 is 2.26 bits per heavy atom. The molecule has 0 radical (unpaired) electrons. The van der Waals surface area contributed by atoms with Gasteiger partial charge in [-0.1, -0.05) is 11.6 Å². The van der Waals surface area contributed by atoms with Crippen molar-refractivity contribution in [1.82, 2.24) is 9.80 Å². The highest BCUT2D eigenvalue weighted by atomic mass is 35.5. The second kappa shape index (κ2) is 9.66. The Morgan fingerprint density at radius 2 is 1.61 bits per heavy atom. The third kappa shape index (κ3) is 5.35. The summed E-state index contributed by atoms with van der Waals surface area (Å²) in [6.45, 7) is 4.61. The number of amides is 2. The van der Waals surface area contributed by atoms with Crippen molar-refractivity contribution in [3.63, 3.8) is 0 Å². The molecule has 0 saturated carbocycles. The van der Waals surface area contributed by atoms with E-state index < -0.39 is 5.82 Å². The van der Waals surface area contributed by atoms with E-state index in [9.17, 15) is 14.0 Å². The zero-order valence-corrected chi connectivity index (χ0v) is 18.1. The Labute approximate surface area is 186 Å². The zero-order valence-electron chi connectivity index (χ0n) is 17.3. The first-order valence-corrected chi connectivity index (χ1v) is 11.0. The van der Waals surface area contributed by atoms with Gasteiger partial charge in [-0.15, -0.1) is 0 Å². The molecule has 0 bridgehead atoms. The first-order chi connectivity index (χ1) is 15.0. The molecule has 2 aliphatic heterocycles. The molecule has 2 fully saturated rings. The molecule has 2 amide bonds. The van der Waals surface area contributed by atoms with Gasteiger partial charge in [0.15, 0.2) is 0 Å². The van der Waals surface area contributed by atoms with E-state index in [1.807, 2.05) is 29.2 Å². The van der Waals surface area contributed by atoms with E-state index in [1.54, 1.807) is 4.90 Å². The van der Waals surface area contributed by atoms with Crippen molar-refractivity contribution in [1.29, 1.82) is 0 Å². The smallest absolute Gasteiger partial charge is 0.255 e. The molecule has 2 aliphatic rings. The number of nitrogens with zero attached hydrogens (tertiary/aromatic N) is 3. The van der Waals surface area contributed by atoms with Gasteiger partial charge >= 0.3 is 0 Å². The number of rotatable bonds is 5. The van der Waals surface area contributed by atoms with E-state index in [-0.39, 0.29) is 23.4 Å². The zero-order chi connectivity index (χ0) is 21.8. The van der Waals surface area contributed by atoms with Crippen LogP contribution in [0.4, 0.5) is 15.8 Å². The van der Waals surface area contributed by atoms with E-state index in [4.69, 9.17) is 11.6 Å². The summed E-state index contributed by atoms with van der Waals surface area (Å²) in [5.74, 6) is -0.759. The average molecular weight is 445 g/mol. The van der Waals surface area contributed by atoms with Crippen LogP contribution in [-0.4, -0.2) is 67.4 Å². The lowest BCUT2D eigenvalue weighted by atomic mass is 10.1. The second-order valence-corrected chi connectivity index (χ2v) is 8.39. The van der Waals surface area contributed by atoms with E-state index in [2.05, 4.69) is 10.2 Å². The fourth-order valence-electron chi connectivity index (χ4n) is 4.08. The number of anilines is 2. The van der Waals surface area contributed by atoms with Crippen LogP contribution in [0.5, 0.6) is 0 Å². The maximum atomic E-state index is 13.2. The topological polar surface area (TPSA) is 55.9 Å². The lowest BCUT2D eigenvalue weighted by molar-refractivity contribution is -0.117. The highest BCUT2D eigenvalue weighted by Crippen LogP contribution is 2.22. The maximum Gasteiger partial charge on any atom is 0.255 e. The molecular weight excluding hydrogens is 419 g/mol. The summed E-state index contributed by atoms with van der Waals surface area (Å²) in [5, 5.41) is 3.06. The summed E-state index contributed by atoms with van der Waals surface area (Å²) in [5.41, 5.74) is 2.27. The molecule has 164 valence electrons. The summed E-state index contributed by atoms with van der Waals surface area (Å²) in [7, 11) is 0. The van der Waals surface area contributed by atoms with Crippen LogP contribution in [0.2, 0.25) is 5.02 Å². The predicted octanol–water partition coefficient (Wildman–Crippen LogP) is 3.48. The predicted molar refractivity (Wildman–Crippen MR) is 120 cm³/mol. The van der Waals surface area contributed by atoms with Crippen LogP contribution in [0.15, 0.2) is 42.5 Å². The molecular formula is C23H26ClFN4O2. The molecule has 31 heavy (non-hydrogen) atoms. The van der Waals surface area contributed by atoms with E-state index in [1.165, 1.54) is 30.7 Å². The van der Waals surface area contributed by atoms with Crippen LogP contribution in [0, 0.1) is 5.82 Å². The summed E-state index contributed by atoms with van der Waals surface area (Å²) < 4.78 is 13.2. The van der Waals surface area contributed by atoms with Crippen LogP contribution in [-0.2, 0) is 4.79 Å². The van der Waals surface area contributed by atoms with Crippen molar-refractivity contribution in [3.05, 3.63) is 58.9 Å². The largest absolute Gasteiger partial charge is 0.372 e. The monoisotopic (exact) mass is 444 g/mol. The van der Waals surface area contributed by atoms with Crippen molar-refractivity contribution in [2.45, 2.75) is 12.8 Å². The minimum absolute atomic E-state index is 0.0738. The van der Waals surface area contributed by atoms with Gasteiger partial charge in [0.25, 0.3) is 5.91 Å². The SMILES string of the molecule is O=C(CN1CCN(C(=O)c2ccc(F)cc2Cl)CC1)Nc1ccc(N2CCCC2)cc1. The lowest BCUT2D eigenvalue weighted by Gasteiger charge is -2.34. The number of carbonyl (C=O) groups is 2. The number of hydrogen-bond donors (Lipinski definition) is 1. The Bertz CT molecular complexity index is 939. The molecule has 0 atom stereocenters. The molecule has 1 N–H and O–H groups in total. The molecule has 0 aliphatic carbocycles. The summed E-state index contributed by atoms with van der Waals surface area (Å²) in [4.78, 5) is 31.1. The summed E-state index contributed by atoms with van der Waals surface area (Å²) in [6, 6.07) is 11.8. The van der Waals surface area contributed by atoms with Gasteiger partial charge < -0.3 is 15.1 Å². The van der Waals surface area contributed by atoms with E-state index in [0.717, 1.165) is 24.8 Å². The van der Waals surface area contributed by atoms with E-state index >= 15 is 0 Å². The van der Waals surface area contributed by atoms with Crippen molar-refractivity contribution in [2.24, 2.45) is 0 Å². The molecule has 2 heterocycles. The highest BCUT2D eigenvalue weighted by molar-refractivity contribution is 6.33. The third-order valence-electron chi connectivity index (χ3n) is 5.81. The van der Waals surface area contributed by atoms with Gasteiger partial charge in [0.05, 0.1) is 17.1 Å². The molecule has 0 unspecified atom stereocenters. The number of hydrogen-bond acceptors (Lipinski definition) is 4. The number of halogens is 2. The molecule has 8 heteroatoms. The average Bonchev–Trinajstić information content (AvgIpc) is 3.29. The normalized spacial score (nSPS) is 17.1. The van der Waals surface area contributed by atoms with Gasteiger partial charge in [-0.05, 0) is 55.3 Å². The van der Waals surface area contributed by atoms with Gasteiger partial charge in [-0.2, -0.15) is 0 Å². The number of carbonyl (C=O) groups excluding carboxylic acids is 2. The summed E-state index contributed by atoms with van der Waals surface area (Å²) in [6.07, 6.45) is 2.46. The van der Waals surface area contributed by atoms with Crippen LogP contribution < -0.4 is 10.2 Å². The fraction of sp³-hybridized carbons (Fsp3) is 0.391. The second-order valence-electron chi connectivity index (χ2n) is 7.98. The Balaban J connectivity index is 1.24. The fourth-order valence-corrected chi connectivity index (χ4v) is 4.32. The van der Waals surface area contributed by atoms with Gasteiger partial charge in [-0.25, -0.2) is 4.39 Å².